The lowest BCUT2D eigenvalue weighted by Gasteiger charge is -2.32. The van der Waals surface area contributed by atoms with Crippen molar-refractivity contribution in [2.75, 3.05) is 29.9 Å². The molecule has 0 unspecified atom stereocenters. The molecule has 1 saturated heterocycles. The lowest BCUT2D eigenvalue weighted by Crippen LogP contribution is -2.32. The summed E-state index contributed by atoms with van der Waals surface area (Å²) < 4.78 is 0. The standard InChI is InChI=1S/C23H31N3O/c1-18-12-15-26(16-13-18)22-9-7-21(8-10-22)25-23(27)11-14-24-17-20-6-4-3-5-19(20)2/h3-10,18,24H,11-17H2,1-2H3,(H,25,27). The monoisotopic (exact) mass is 365 g/mol. The zero-order valence-corrected chi connectivity index (χ0v) is 16.5. The summed E-state index contributed by atoms with van der Waals surface area (Å²) in [5, 5.41) is 6.34. The van der Waals surface area contributed by atoms with Gasteiger partial charge in [-0.05, 0) is 61.1 Å². The van der Waals surface area contributed by atoms with Gasteiger partial charge in [0.05, 0.1) is 0 Å². The summed E-state index contributed by atoms with van der Waals surface area (Å²) in [5.41, 5.74) is 4.67. The minimum absolute atomic E-state index is 0.0480. The van der Waals surface area contributed by atoms with E-state index in [4.69, 9.17) is 0 Å². The molecule has 0 bridgehead atoms. The van der Waals surface area contributed by atoms with Crippen LogP contribution in [0.5, 0.6) is 0 Å². The third-order valence-electron chi connectivity index (χ3n) is 5.41. The van der Waals surface area contributed by atoms with E-state index in [2.05, 4.69) is 53.6 Å². The Morgan fingerprint density at radius 1 is 1.07 bits per heavy atom. The molecule has 0 atom stereocenters. The van der Waals surface area contributed by atoms with Gasteiger partial charge in [0.15, 0.2) is 0 Å². The van der Waals surface area contributed by atoms with Crippen molar-refractivity contribution < 1.29 is 4.79 Å². The van der Waals surface area contributed by atoms with Crippen LogP contribution in [0.2, 0.25) is 0 Å². The largest absolute Gasteiger partial charge is 0.372 e. The number of aryl methyl sites for hydroxylation is 1. The van der Waals surface area contributed by atoms with Crippen LogP contribution in [0, 0.1) is 12.8 Å². The molecule has 3 rings (SSSR count). The van der Waals surface area contributed by atoms with Gasteiger partial charge in [-0.3, -0.25) is 4.79 Å². The van der Waals surface area contributed by atoms with Gasteiger partial charge in [0, 0.05) is 44.0 Å². The molecule has 0 aliphatic carbocycles. The van der Waals surface area contributed by atoms with Crippen molar-refractivity contribution in [3.05, 3.63) is 59.7 Å². The number of amides is 1. The normalized spacial score (nSPS) is 15.0. The van der Waals surface area contributed by atoms with Crippen LogP contribution in [0.25, 0.3) is 0 Å². The van der Waals surface area contributed by atoms with Gasteiger partial charge >= 0.3 is 0 Å². The number of anilines is 2. The minimum Gasteiger partial charge on any atom is -0.372 e. The van der Waals surface area contributed by atoms with E-state index in [1.54, 1.807) is 0 Å². The molecule has 4 nitrogen and oxygen atoms in total. The number of carbonyl (C=O) groups excluding carboxylic acids is 1. The Labute approximate surface area is 163 Å². The molecule has 27 heavy (non-hydrogen) atoms. The van der Waals surface area contributed by atoms with Crippen LogP contribution in [0.4, 0.5) is 11.4 Å². The minimum atomic E-state index is 0.0480. The highest BCUT2D eigenvalue weighted by atomic mass is 16.1. The first-order valence-corrected chi connectivity index (χ1v) is 10.0. The second-order valence-corrected chi connectivity index (χ2v) is 7.62. The summed E-state index contributed by atoms with van der Waals surface area (Å²) in [4.78, 5) is 14.6. The van der Waals surface area contributed by atoms with Crippen molar-refractivity contribution in [3.8, 4) is 0 Å². The van der Waals surface area contributed by atoms with Gasteiger partial charge in [0.2, 0.25) is 5.91 Å². The second-order valence-electron chi connectivity index (χ2n) is 7.62. The molecular weight excluding hydrogens is 334 g/mol. The highest BCUT2D eigenvalue weighted by molar-refractivity contribution is 5.91. The second kappa shape index (κ2) is 9.56. The third kappa shape index (κ3) is 5.83. The third-order valence-corrected chi connectivity index (χ3v) is 5.41. The van der Waals surface area contributed by atoms with Crippen LogP contribution in [-0.2, 0) is 11.3 Å². The van der Waals surface area contributed by atoms with Crippen molar-refractivity contribution in [1.29, 1.82) is 0 Å². The number of benzene rings is 2. The lowest BCUT2D eigenvalue weighted by atomic mass is 9.99. The van der Waals surface area contributed by atoms with E-state index in [0.29, 0.717) is 13.0 Å². The molecule has 0 aromatic heterocycles. The molecule has 1 heterocycles. The molecule has 1 fully saturated rings. The van der Waals surface area contributed by atoms with Gasteiger partial charge < -0.3 is 15.5 Å². The lowest BCUT2D eigenvalue weighted by molar-refractivity contribution is -0.116. The SMILES string of the molecule is Cc1ccccc1CNCCC(=O)Nc1ccc(N2CCC(C)CC2)cc1. The summed E-state index contributed by atoms with van der Waals surface area (Å²) in [6, 6.07) is 16.6. The predicted octanol–water partition coefficient (Wildman–Crippen LogP) is 4.35. The van der Waals surface area contributed by atoms with E-state index in [1.165, 1.54) is 29.7 Å². The maximum absolute atomic E-state index is 12.2. The van der Waals surface area contributed by atoms with Crippen LogP contribution >= 0.6 is 0 Å². The summed E-state index contributed by atoms with van der Waals surface area (Å²) in [6.45, 7) is 8.15. The first-order valence-electron chi connectivity index (χ1n) is 10.0. The molecule has 2 aromatic rings. The molecular formula is C23H31N3O. The highest BCUT2D eigenvalue weighted by Gasteiger charge is 2.15. The number of hydrogen-bond donors (Lipinski definition) is 2. The van der Waals surface area contributed by atoms with Crippen molar-refractivity contribution in [3.63, 3.8) is 0 Å². The van der Waals surface area contributed by atoms with Crippen LogP contribution in [0.1, 0.15) is 37.3 Å². The van der Waals surface area contributed by atoms with E-state index in [0.717, 1.165) is 31.2 Å². The molecule has 1 aliphatic rings. The van der Waals surface area contributed by atoms with Crippen molar-refractivity contribution >= 4 is 17.3 Å². The first kappa shape index (κ1) is 19.4. The predicted molar refractivity (Wildman–Crippen MR) is 113 cm³/mol. The topological polar surface area (TPSA) is 44.4 Å². The fourth-order valence-corrected chi connectivity index (χ4v) is 3.48. The molecule has 4 heteroatoms. The summed E-state index contributed by atoms with van der Waals surface area (Å²) in [7, 11) is 0. The Bertz CT molecular complexity index is 734. The quantitative estimate of drug-likeness (QED) is 0.717. The number of carbonyl (C=O) groups is 1. The maximum Gasteiger partial charge on any atom is 0.225 e. The molecule has 2 aromatic carbocycles. The summed E-state index contributed by atoms with van der Waals surface area (Å²) in [5.74, 6) is 0.881. The number of nitrogens with one attached hydrogen (secondary N) is 2. The number of nitrogens with zero attached hydrogens (tertiary/aromatic N) is 1. The van der Waals surface area contributed by atoms with E-state index in [-0.39, 0.29) is 5.91 Å². The van der Waals surface area contributed by atoms with Gasteiger partial charge in [-0.1, -0.05) is 31.2 Å². The van der Waals surface area contributed by atoms with Crippen molar-refractivity contribution in [2.24, 2.45) is 5.92 Å². The van der Waals surface area contributed by atoms with Gasteiger partial charge in [-0.2, -0.15) is 0 Å². The smallest absolute Gasteiger partial charge is 0.225 e. The van der Waals surface area contributed by atoms with Crippen molar-refractivity contribution in [1.82, 2.24) is 5.32 Å². The van der Waals surface area contributed by atoms with Crippen LogP contribution < -0.4 is 15.5 Å². The van der Waals surface area contributed by atoms with Crippen LogP contribution in [0.15, 0.2) is 48.5 Å². The molecule has 1 amide bonds. The fourth-order valence-electron chi connectivity index (χ4n) is 3.48. The Morgan fingerprint density at radius 2 is 1.78 bits per heavy atom. The van der Waals surface area contributed by atoms with E-state index in [9.17, 15) is 4.79 Å². The molecule has 2 N–H and O–H groups in total. The zero-order chi connectivity index (χ0) is 19.1. The Kier molecular flexibility index (Phi) is 6.88. The molecule has 1 aliphatic heterocycles. The van der Waals surface area contributed by atoms with Crippen LogP contribution in [0.3, 0.4) is 0 Å². The summed E-state index contributed by atoms with van der Waals surface area (Å²) >= 11 is 0. The fraction of sp³-hybridized carbons (Fsp3) is 0.435. The zero-order valence-electron chi connectivity index (χ0n) is 16.5. The van der Waals surface area contributed by atoms with Gasteiger partial charge in [0.25, 0.3) is 0 Å². The van der Waals surface area contributed by atoms with E-state index < -0.39 is 0 Å². The average Bonchev–Trinajstić information content (AvgIpc) is 2.68. The molecule has 144 valence electrons. The first-order chi connectivity index (χ1) is 13.1. The van der Waals surface area contributed by atoms with E-state index in [1.807, 2.05) is 24.3 Å². The maximum atomic E-state index is 12.2. The molecule has 0 spiro atoms. The highest BCUT2D eigenvalue weighted by Crippen LogP contribution is 2.24. The summed E-state index contributed by atoms with van der Waals surface area (Å²) in [6.07, 6.45) is 2.99. The number of hydrogen-bond acceptors (Lipinski definition) is 3. The molecule has 0 saturated carbocycles. The average molecular weight is 366 g/mol. The molecule has 0 radical (unpaired) electrons. The number of piperidine rings is 1. The van der Waals surface area contributed by atoms with Gasteiger partial charge in [0.1, 0.15) is 0 Å². The van der Waals surface area contributed by atoms with Crippen molar-refractivity contribution in [2.45, 2.75) is 39.7 Å². The van der Waals surface area contributed by atoms with Crippen LogP contribution in [-0.4, -0.2) is 25.5 Å². The van der Waals surface area contributed by atoms with Gasteiger partial charge in [-0.15, -0.1) is 0 Å². The van der Waals surface area contributed by atoms with E-state index >= 15 is 0 Å². The Hall–Kier alpha value is -2.33. The Morgan fingerprint density at radius 3 is 2.48 bits per heavy atom. The number of rotatable bonds is 7. The van der Waals surface area contributed by atoms with Gasteiger partial charge in [-0.25, -0.2) is 0 Å². The Balaban J connectivity index is 1.39.